The van der Waals surface area contributed by atoms with Gasteiger partial charge in [-0.05, 0) is 36.0 Å². The van der Waals surface area contributed by atoms with E-state index >= 15 is 0 Å². The molecule has 3 rings (SSSR count). The highest BCUT2D eigenvalue weighted by molar-refractivity contribution is 8.18. The summed E-state index contributed by atoms with van der Waals surface area (Å²) in [6.07, 6.45) is 1.48. The first-order valence-corrected chi connectivity index (χ1v) is 7.47. The zero-order valence-electron chi connectivity index (χ0n) is 11.3. The van der Waals surface area contributed by atoms with Crippen molar-refractivity contribution in [2.45, 2.75) is 0 Å². The molecule has 1 amide bonds. The number of furan rings is 1. The van der Waals surface area contributed by atoms with Crippen molar-refractivity contribution >= 4 is 46.2 Å². The second-order valence-electron chi connectivity index (χ2n) is 4.51. The molecule has 0 bridgehead atoms. The SMILES string of the molecule is N=C1NC(=O)/C(=C/c2ccc(-c3ccc(Cl)cc3[N+](=O)[O-])o2)S1. The van der Waals surface area contributed by atoms with Gasteiger partial charge in [0.2, 0.25) is 0 Å². The van der Waals surface area contributed by atoms with Gasteiger partial charge in [-0.1, -0.05) is 11.6 Å². The fourth-order valence-corrected chi connectivity index (χ4v) is 2.86. The highest BCUT2D eigenvalue weighted by Crippen LogP contribution is 2.34. The van der Waals surface area contributed by atoms with E-state index in [4.69, 9.17) is 21.4 Å². The van der Waals surface area contributed by atoms with Crippen molar-refractivity contribution in [3.63, 3.8) is 0 Å². The summed E-state index contributed by atoms with van der Waals surface area (Å²) in [5, 5.41) is 21.2. The molecule has 2 aromatic rings. The largest absolute Gasteiger partial charge is 0.456 e. The van der Waals surface area contributed by atoms with Gasteiger partial charge in [0.05, 0.1) is 15.4 Å². The molecule has 0 unspecified atom stereocenters. The Hall–Kier alpha value is -2.58. The summed E-state index contributed by atoms with van der Waals surface area (Å²) in [4.78, 5) is 22.5. The Bertz CT molecular complexity index is 875. The van der Waals surface area contributed by atoms with Gasteiger partial charge < -0.3 is 9.73 Å². The van der Waals surface area contributed by atoms with E-state index in [1.807, 2.05) is 0 Å². The molecule has 1 fully saturated rings. The Morgan fingerprint density at radius 2 is 2.13 bits per heavy atom. The van der Waals surface area contributed by atoms with Crippen LogP contribution in [-0.2, 0) is 4.79 Å². The van der Waals surface area contributed by atoms with Crippen LogP contribution in [0.3, 0.4) is 0 Å². The van der Waals surface area contributed by atoms with Gasteiger partial charge in [0.15, 0.2) is 5.17 Å². The van der Waals surface area contributed by atoms with E-state index in [0.29, 0.717) is 22.0 Å². The Labute approximate surface area is 139 Å². The number of halogens is 1. The normalized spacial score (nSPS) is 16.0. The third-order valence-electron chi connectivity index (χ3n) is 2.98. The predicted octanol–water partition coefficient (Wildman–Crippen LogP) is 3.65. The highest BCUT2D eigenvalue weighted by Gasteiger charge is 2.23. The molecule has 1 aromatic carbocycles. The van der Waals surface area contributed by atoms with Crippen molar-refractivity contribution in [1.29, 1.82) is 5.41 Å². The minimum Gasteiger partial charge on any atom is -0.456 e. The molecule has 0 radical (unpaired) electrons. The number of hydrogen-bond acceptors (Lipinski definition) is 6. The molecule has 1 aromatic heterocycles. The number of rotatable bonds is 3. The molecule has 2 heterocycles. The van der Waals surface area contributed by atoms with E-state index in [1.165, 1.54) is 24.3 Å². The number of nitrogens with zero attached hydrogens (tertiary/aromatic N) is 1. The summed E-state index contributed by atoms with van der Waals surface area (Å²) in [7, 11) is 0. The molecule has 1 aliphatic heterocycles. The number of carbonyl (C=O) groups excluding carboxylic acids is 1. The fraction of sp³-hybridized carbons (Fsp3) is 0. The van der Waals surface area contributed by atoms with Crippen LogP contribution >= 0.6 is 23.4 Å². The summed E-state index contributed by atoms with van der Waals surface area (Å²) < 4.78 is 5.56. The summed E-state index contributed by atoms with van der Waals surface area (Å²) >= 11 is 6.77. The van der Waals surface area contributed by atoms with Crippen LogP contribution in [0, 0.1) is 15.5 Å². The average molecular weight is 350 g/mol. The van der Waals surface area contributed by atoms with Crippen LogP contribution < -0.4 is 5.32 Å². The molecule has 0 spiro atoms. The Kier molecular flexibility index (Phi) is 3.93. The molecule has 0 aliphatic carbocycles. The first-order chi connectivity index (χ1) is 10.9. The fourth-order valence-electron chi connectivity index (χ4n) is 2.01. The van der Waals surface area contributed by atoms with E-state index in [1.54, 1.807) is 12.1 Å². The van der Waals surface area contributed by atoms with Crippen LogP contribution in [0.4, 0.5) is 5.69 Å². The van der Waals surface area contributed by atoms with Gasteiger partial charge in [0.25, 0.3) is 11.6 Å². The van der Waals surface area contributed by atoms with Crippen molar-refractivity contribution in [2.24, 2.45) is 0 Å². The van der Waals surface area contributed by atoms with Crippen LogP contribution in [0.25, 0.3) is 17.4 Å². The Balaban J connectivity index is 1.97. The van der Waals surface area contributed by atoms with Gasteiger partial charge >= 0.3 is 0 Å². The minimum absolute atomic E-state index is 0.0429. The Morgan fingerprint density at radius 1 is 1.35 bits per heavy atom. The zero-order chi connectivity index (χ0) is 16.6. The summed E-state index contributed by atoms with van der Waals surface area (Å²) in [6.45, 7) is 0. The number of amides is 1. The van der Waals surface area contributed by atoms with Crippen molar-refractivity contribution in [3.8, 4) is 11.3 Å². The van der Waals surface area contributed by atoms with Crippen LogP contribution in [0.1, 0.15) is 5.76 Å². The lowest BCUT2D eigenvalue weighted by Gasteiger charge is -2.00. The van der Waals surface area contributed by atoms with Gasteiger partial charge in [0.1, 0.15) is 11.5 Å². The maximum absolute atomic E-state index is 11.6. The summed E-state index contributed by atoms with van der Waals surface area (Å²) in [6, 6.07) is 7.45. The van der Waals surface area contributed by atoms with Crippen molar-refractivity contribution in [1.82, 2.24) is 5.32 Å². The number of benzene rings is 1. The van der Waals surface area contributed by atoms with Crippen molar-refractivity contribution < 1.29 is 14.1 Å². The molecule has 116 valence electrons. The maximum Gasteiger partial charge on any atom is 0.281 e. The first kappa shape index (κ1) is 15.3. The molecule has 0 saturated carbocycles. The van der Waals surface area contributed by atoms with E-state index in [9.17, 15) is 14.9 Å². The monoisotopic (exact) mass is 349 g/mol. The second kappa shape index (κ2) is 5.90. The van der Waals surface area contributed by atoms with Gasteiger partial charge in [0, 0.05) is 17.2 Å². The smallest absolute Gasteiger partial charge is 0.281 e. The highest BCUT2D eigenvalue weighted by atomic mass is 35.5. The van der Waals surface area contributed by atoms with Crippen LogP contribution in [0.2, 0.25) is 5.02 Å². The Morgan fingerprint density at radius 3 is 2.78 bits per heavy atom. The molecule has 1 saturated heterocycles. The zero-order valence-corrected chi connectivity index (χ0v) is 12.9. The van der Waals surface area contributed by atoms with Gasteiger partial charge in [-0.25, -0.2) is 0 Å². The van der Waals surface area contributed by atoms with Gasteiger partial charge in [-0.15, -0.1) is 0 Å². The van der Waals surface area contributed by atoms with E-state index < -0.39 is 4.92 Å². The molecule has 7 nitrogen and oxygen atoms in total. The molecular weight excluding hydrogens is 342 g/mol. The lowest BCUT2D eigenvalue weighted by atomic mass is 10.1. The third kappa shape index (κ3) is 3.13. The number of amidine groups is 1. The van der Waals surface area contributed by atoms with Gasteiger partial charge in [-0.2, -0.15) is 0 Å². The molecular formula is C14H8ClN3O4S. The first-order valence-electron chi connectivity index (χ1n) is 6.27. The van der Waals surface area contributed by atoms with E-state index in [0.717, 1.165) is 11.8 Å². The predicted molar refractivity (Wildman–Crippen MR) is 87.2 cm³/mol. The van der Waals surface area contributed by atoms with Crippen LogP contribution in [-0.4, -0.2) is 16.0 Å². The molecule has 9 heteroatoms. The molecule has 23 heavy (non-hydrogen) atoms. The lowest BCUT2D eigenvalue weighted by Crippen LogP contribution is -2.18. The number of nitrogens with one attached hydrogen (secondary N) is 2. The minimum atomic E-state index is -0.538. The second-order valence-corrected chi connectivity index (χ2v) is 6.00. The molecule has 2 N–H and O–H groups in total. The number of hydrogen-bond donors (Lipinski definition) is 2. The van der Waals surface area contributed by atoms with Crippen molar-refractivity contribution in [3.05, 3.63) is 56.1 Å². The number of carbonyl (C=O) groups is 1. The summed E-state index contributed by atoms with van der Waals surface area (Å²) in [5.41, 5.74) is 0.126. The number of nitro benzene ring substituents is 1. The summed E-state index contributed by atoms with van der Waals surface area (Å²) in [5.74, 6) is 0.269. The lowest BCUT2D eigenvalue weighted by molar-refractivity contribution is -0.384. The number of nitro groups is 1. The standard InChI is InChI=1S/C14H8ClN3O4S/c15-7-1-3-9(10(5-7)18(20)21)11-4-2-8(22-11)6-12-13(19)17-14(16)23-12/h1-6H,(H2,16,17,19)/b12-6-. The quantitative estimate of drug-likeness (QED) is 0.499. The van der Waals surface area contributed by atoms with E-state index in [-0.39, 0.29) is 21.8 Å². The maximum atomic E-state index is 11.6. The van der Waals surface area contributed by atoms with Gasteiger partial charge in [-0.3, -0.25) is 20.3 Å². The molecule has 0 atom stereocenters. The third-order valence-corrected chi connectivity index (χ3v) is 4.05. The molecule has 1 aliphatic rings. The van der Waals surface area contributed by atoms with Crippen LogP contribution in [0.5, 0.6) is 0 Å². The van der Waals surface area contributed by atoms with E-state index in [2.05, 4.69) is 5.32 Å². The topological polar surface area (TPSA) is 109 Å². The average Bonchev–Trinajstić information content (AvgIpc) is 3.06. The van der Waals surface area contributed by atoms with Crippen molar-refractivity contribution in [2.75, 3.05) is 0 Å². The van der Waals surface area contributed by atoms with Crippen LogP contribution in [0.15, 0.2) is 39.7 Å². The number of thioether (sulfide) groups is 1.